The molecule has 1 aromatic heterocycles. The molecular weight excluding hydrogens is 324 g/mol. The van der Waals surface area contributed by atoms with E-state index in [1.807, 2.05) is 32.0 Å². The van der Waals surface area contributed by atoms with E-state index in [1.165, 1.54) is 25.9 Å². The lowest BCUT2D eigenvalue weighted by Crippen LogP contribution is -2.25. The van der Waals surface area contributed by atoms with Gasteiger partial charge in [0.15, 0.2) is 0 Å². The third-order valence-corrected chi connectivity index (χ3v) is 4.36. The largest absolute Gasteiger partial charge is 0.492 e. The van der Waals surface area contributed by atoms with Gasteiger partial charge in [-0.2, -0.15) is 0 Å². The summed E-state index contributed by atoms with van der Waals surface area (Å²) < 4.78 is 6.07. The second-order valence-corrected chi connectivity index (χ2v) is 6.07. The number of aryl methyl sites for hydroxylation is 2. The number of hydrogen-bond acceptors (Lipinski definition) is 5. The molecule has 130 valence electrons. The molecular formula is C18H25ClN4O. The number of halogens is 1. The summed E-state index contributed by atoms with van der Waals surface area (Å²) in [5, 5.41) is 0. The molecule has 2 aromatic rings. The van der Waals surface area contributed by atoms with Crippen LogP contribution in [-0.2, 0) is 0 Å². The minimum Gasteiger partial charge on any atom is -0.492 e. The molecule has 1 saturated heterocycles. The van der Waals surface area contributed by atoms with Crippen molar-refractivity contribution in [3.8, 4) is 16.9 Å². The zero-order valence-corrected chi connectivity index (χ0v) is 15.1. The summed E-state index contributed by atoms with van der Waals surface area (Å²) >= 11 is 0. The first-order valence-electron chi connectivity index (χ1n) is 8.18. The topological polar surface area (TPSA) is 64.3 Å². The Hall–Kier alpha value is -1.85. The minimum absolute atomic E-state index is 0. The van der Waals surface area contributed by atoms with Gasteiger partial charge in [0.1, 0.15) is 18.7 Å². The van der Waals surface area contributed by atoms with Crippen molar-refractivity contribution in [2.45, 2.75) is 26.7 Å². The van der Waals surface area contributed by atoms with Crippen molar-refractivity contribution in [1.82, 2.24) is 14.9 Å². The van der Waals surface area contributed by atoms with Crippen molar-refractivity contribution < 1.29 is 4.74 Å². The highest BCUT2D eigenvalue weighted by Gasteiger charge is 2.15. The van der Waals surface area contributed by atoms with Gasteiger partial charge in [-0.05, 0) is 58.0 Å². The van der Waals surface area contributed by atoms with Gasteiger partial charge in [-0.1, -0.05) is 0 Å². The van der Waals surface area contributed by atoms with E-state index < -0.39 is 0 Å². The molecule has 3 rings (SSSR count). The molecule has 1 aliphatic rings. The summed E-state index contributed by atoms with van der Waals surface area (Å²) in [6.45, 7) is 7.99. The summed E-state index contributed by atoms with van der Waals surface area (Å²) in [7, 11) is 0. The molecule has 2 heterocycles. The predicted molar refractivity (Wildman–Crippen MR) is 99.8 cm³/mol. The summed E-state index contributed by atoms with van der Waals surface area (Å²) in [5.74, 6) is 0.847. The normalized spacial score (nSPS) is 14.4. The molecule has 0 unspecified atom stereocenters. The smallest absolute Gasteiger partial charge is 0.127 e. The highest BCUT2D eigenvalue weighted by molar-refractivity contribution is 5.85. The van der Waals surface area contributed by atoms with Gasteiger partial charge in [-0.25, -0.2) is 9.97 Å². The van der Waals surface area contributed by atoms with Gasteiger partial charge in [0, 0.05) is 34.7 Å². The maximum atomic E-state index is 6.07. The number of likely N-dealkylation sites (tertiary alicyclic amines) is 1. The number of ether oxygens (including phenoxy) is 1. The van der Waals surface area contributed by atoms with Crippen LogP contribution in [0.1, 0.15) is 24.2 Å². The number of anilines is 1. The molecule has 0 spiro atoms. The quantitative estimate of drug-likeness (QED) is 0.840. The molecule has 0 saturated carbocycles. The number of nitrogens with two attached hydrogens (primary N) is 1. The molecule has 5 nitrogen and oxygen atoms in total. The maximum Gasteiger partial charge on any atom is 0.127 e. The molecule has 1 aliphatic heterocycles. The Labute approximate surface area is 149 Å². The van der Waals surface area contributed by atoms with Gasteiger partial charge in [-0.15, -0.1) is 12.4 Å². The molecule has 6 heteroatoms. The number of rotatable bonds is 5. The first-order valence-corrected chi connectivity index (χ1v) is 8.18. The van der Waals surface area contributed by atoms with Crippen LogP contribution >= 0.6 is 12.4 Å². The van der Waals surface area contributed by atoms with Gasteiger partial charge in [0.2, 0.25) is 0 Å². The van der Waals surface area contributed by atoms with E-state index >= 15 is 0 Å². The van der Waals surface area contributed by atoms with Gasteiger partial charge >= 0.3 is 0 Å². The Morgan fingerprint density at radius 2 is 1.79 bits per heavy atom. The van der Waals surface area contributed by atoms with Crippen molar-refractivity contribution in [2.24, 2.45) is 0 Å². The fourth-order valence-corrected chi connectivity index (χ4v) is 3.14. The van der Waals surface area contributed by atoms with Crippen LogP contribution in [0.5, 0.6) is 5.75 Å². The fourth-order valence-electron chi connectivity index (χ4n) is 3.14. The first-order chi connectivity index (χ1) is 11.1. The predicted octanol–water partition coefficient (Wildman–Crippen LogP) is 3.24. The molecule has 24 heavy (non-hydrogen) atoms. The minimum atomic E-state index is 0. The summed E-state index contributed by atoms with van der Waals surface area (Å²) in [5.41, 5.74) is 10.6. The van der Waals surface area contributed by atoms with Crippen LogP contribution in [0.15, 0.2) is 24.5 Å². The van der Waals surface area contributed by atoms with Crippen molar-refractivity contribution in [1.29, 1.82) is 0 Å². The lowest BCUT2D eigenvalue weighted by Gasteiger charge is -2.18. The molecule has 1 aromatic carbocycles. The van der Waals surface area contributed by atoms with Crippen LogP contribution in [-0.4, -0.2) is 41.1 Å². The Morgan fingerprint density at radius 3 is 2.46 bits per heavy atom. The van der Waals surface area contributed by atoms with Crippen molar-refractivity contribution >= 4 is 18.1 Å². The van der Waals surface area contributed by atoms with E-state index in [4.69, 9.17) is 10.5 Å². The zero-order valence-electron chi connectivity index (χ0n) is 14.3. The van der Waals surface area contributed by atoms with Gasteiger partial charge in [-0.3, -0.25) is 4.90 Å². The number of aromatic nitrogens is 2. The molecule has 0 atom stereocenters. The highest BCUT2D eigenvalue weighted by Crippen LogP contribution is 2.34. The maximum absolute atomic E-state index is 6.07. The van der Waals surface area contributed by atoms with Crippen molar-refractivity contribution in [2.75, 3.05) is 32.0 Å². The fraction of sp³-hybridized carbons (Fsp3) is 0.444. The summed E-state index contributed by atoms with van der Waals surface area (Å²) in [4.78, 5) is 11.1. The van der Waals surface area contributed by atoms with Crippen LogP contribution in [0.3, 0.4) is 0 Å². The van der Waals surface area contributed by atoms with Gasteiger partial charge in [0.25, 0.3) is 0 Å². The lowest BCUT2D eigenvalue weighted by molar-refractivity contribution is 0.238. The number of nitrogens with zero attached hydrogens (tertiary/aromatic N) is 3. The number of benzene rings is 1. The van der Waals surface area contributed by atoms with Crippen LogP contribution in [0.2, 0.25) is 0 Å². The Bertz CT molecular complexity index is 666. The molecule has 1 fully saturated rings. The third kappa shape index (κ3) is 4.16. The van der Waals surface area contributed by atoms with Crippen LogP contribution in [0.4, 0.5) is 5.69 Å². The van der Waals surface area contributed by atoms with E-state index in [9.17, 15) is 0 Å². The average Bonchev–Trinajstić information content (AvgIpc) is 3.02. The van der Waals surface area contributed by atoms with E-state index in [0.29, 0.717) is 6.61 Å². The van der Waals surface area contributed by atoms with Crippen LogP contribution in [0.25, 0.3) is 11.1 Å². The average molecular weight is 349 g/mol. The second kappa shape index (κ2) is 8.31. The molecule has 2 N–H and O–H groups in total. The number of hydrogen-bond donors (Lipinski definition) is 1. The second-order valence-electron chi connectivity index (χ2n) is 6.07. The lowest BCUT2D eigenvalue weighted by atomic mass is 10.0. The standard InChI is InChI=1S/C18H24N4O.ClH/c1-13-18(14(2)21-12-20-13)16-11-15(19)5-6-17(16)23-10-9-22-7-3-4-8-22;/h5-6,11-12H,3-4,7-10,19H2,1-2H3;1H. The highest BCUT2D eigenvalue weighted by atomic mass is 35.5. The van der Waals surface area contributed by atoms with Gasteiger partial charge < -0.3 is 10.5 Å². The molecule has 0 amide bonds. The first kappa shape index (κ1) is 18.5. The summed E-state index contributed by atoms with van der Waals surface area (Å²) in [6, 6.07) is 5.77. The van der Waals surface area contributed by atoms with E-state index in [0.717, 1.165) is 40.5 Å². The van der Waals surface area contributed by atoms with Crippen LogP contribution < -0.4 is 10.5 Å². The SMILES string of the molecule is Cc1ncnc(C)c1-c1cc(N)ccc1OCCN1CCCC1.Cl. The number of nitrogen functional groups attached to an aromatic ring is 1. The molecule has 0 aliphatic carbocycles. The van der Waals surface area contributed by atoms with E-state index in [2.05, 4.69) is 14.9 Å². The Morgan fingerprint density at radius 1 is 1.12 bits per heavy atom. The van der Waals surface area contributed by atoms with E-state index in [-0.39, 0.29) is 12.4 Å². The van der Waals surface area contributed by atoms with Crippen molar-refractivity contribution in [3.05, 3.63) is 35.9 Å². The molecule has 0 bridgehead atoms. The third-order valence-electron chi connectivity index (χ3n) is 4.36. The Kier molecular flexibility index (Phi) is 6.40. The Balaban J connectivity index is 0.00000208. The summed E-state index contributed by atoms with van der Waals surface area (Å²) in [6.07, 6.45) is 4.19. The monoisotopic (exact) mass is 348 g/mol. The van der Waals surface area contributed by atoms with Gasteiger partial charge in [0.05, 0.1) is 0 Å². The van der Waals surface area contributed by atoms with E-state index in [1.54, 1.807) is 6.33 Å². The van der Waals surface area contributed by atoms with Crippen LogP contribution in [0, 0.1) is 13.8 Å². The van der Waals surface area contributed by atoms with Crippen molar-refractivity contribution in [3.63, 3.8) is 0 Å². The molecule has 0 radical (unpaired) electrons. The zero-order chi connectivity index (χ0) is 16.2.